The van der Waals surface area contributed by atoms with E-state index in [0.29, 0.717) is 54.6 Å². The van der Waals surface area contributed by atoms with E-state index in [-0.39, 0.29) is 24.7 Å². The van der Waals surface area contributed by atoms with Crippen LogP contribution in [-0.2, 0) is 26.7 Å². The lowest BCUT2D eigenvalue weighted by Crippen LogP contribution is -2.07. The fourth-order valence-electron chi connectivity index (χ4n) is 4.40. The number of hydrogen-bond donors (Lipinski definition) is 4. The molecule has 2 aromatic carbocycles. The second-order valence-corrected chi connectivity index (χ2v) is 11.9. The van der Waals surface area contributed by atoms with Crippen molar-refractivity contribution >= 4 is 20.2 Å². The van der Waals surface area contributed by atoms with Crippen molar-refractivity contribution in [2.24, 2.45) is 11.5 Å². The smallest absolute Gasteiger partial charge is 0.298 e. The highest BCUT2D eigenvalue weighted by Crippen LogP contribution is 2.44. The summed E-state index contributed by atoms with van der Waals surface area (Å²) < 4.78 is 79.7. The van der Waals surface area contributed by atoms with Gasteiger partial charge in [-0.2, -0.15) is 16.8 Å². The monoisotopic (exact) mass is 556 g/mol. The van der Waals surface area contributed by atoms with Crippen molar-refractivity contribution in [2.45, 2.75) is 67.6 Å². The molecule has 3 rings (SSSR count). The summed E-state index contributed by atoms with van der Waals surface area (Å²) in [5.41, 5.74) is 13.3. The lowest BCUT2D eigenvalue weighted by Gasteiger charge is -2.14. The molecule has 0 unspecified atom stereocenters. The maximum atomic E-state index is 12.1. The highest BCUT2D eigenvalue weighted by atomic mass is 32.2. The molecule has 0 heterocycles. The molecule has 206 valence electrons. The molecule has 0 radical (unpaired) electrons. The van der Waals surface area contributed by atoms with Crippen molar-refractivity contribution in [3.05, 3.63) is 35.4 Å². The van der Waals surface area contributed by atoms with Gasteiger partial charge in [-0.25, -0.2) is 0 Å². The summed E-state index contributed by atoms with van der Waals surface area (Å²) in [5, 5.41) is 0. The topological polar surface area (TPSA) is 179 Å². The summed E-state index contributed by atoms with van der Waals surface area (Å²) >= 11 is 0. The van der Waals surface area contributed by atoms with Gasteiger partial charge in [0.2, 0.25) is 0 Å². The lowest BCUT2D eigenvalue weighted by atomic mass is 10.1. The van der Waals surface area contributed by atoms with E-state index in [1.165, 1.54) is 12.1 Å². The number of ether oxygens (including phenoxy) is 2. The molecule has 12 heteroatoms. The van der Waals surface area contributed by atoms with E-state index in [0.717, 1.165) is 38.5 Å². The third kappa shape index (κ3) is 7.88. The predicted molar refractivity (Wildman–Crippen MR) is 140 cm³/mol. The minimum Gasteiger partial charge on any atom is -0.492 e. The molecule has 0 atom stereocenters. The highest BCUT2D eigenvalue weighted by molar-refractivity contribution is 7.86. The first-order chi connectivity index (χ1) is 17.6. The van der Waals surface area contributed by atoms with Gasteiger partial charge in [0.15, 0.2) is 0 Å². The second kappa shape index (κ2) is 13.0. The first kappa shape index (κ1) is 29.3. The Morgan fingerprint density at radius 3 is 1.35 bits per heavy atom. The number of benzene rings is 2. The summed E-state index contributed by atoms with van der Waals surface area (Å²) in [6.07, 6.45) is 7.23. The van der Waals surface area contributed by atoms with Gasteiger partial charge < -0.3 is 20.9 Å². The van der Waals surface area contributed by atoms with Gasteiger partial charge in [0.25, 0.3) is 20.2 Å². The Bertz CT molecular complexity index is 1190. The lowest BCUT2D eigenvalue weighted by molar-refractivity contribution is 0.296. The molecular formula is C25H36N2O8S2. The zero-order valence-corrected chi connectivity index (χ0v) is 22.4. The fourth-order valence-corrected chi connectivity index (χ4v) is 5.67. The third-order valence-corrected chi connectivity index (χ3v) is 8.03. The van der Waals surface area contributed by atoms with E-state index in [9.17, 15) is 25.9 Å². The largest absolute Gasteiger partial charge is 0.492 e. The van der Waals surface area contributed by atoms with Gasteiger partial charge >= 0.3 is 0 Å². The quantitative estimate of drug-likeness (QED) is 0.150. The van der Waals surface area contributed by atoms with E-state index in [4.69, 9.17) is 20.9 Å². The summed E-state index contributed by atoms with van der Waals surface area (Å²) in [5.74, 6) is 0.0775. The van der Waals surface area contributed by atoms with Crippen LogP contribution < -0.4 is 20.9 Å². The normalized spacial score (nSPS) is 12.9. The molecule has 0 aliphatic heterocycles. The standard InChI is InChI=1S/C25H36N2O8S2/c26-9-5-1-3-7-11-34-22-14-18-13-19-15-23(35-12-8-4-2-6-10-27)25(37(31,32)33)17-21(19)20(18)16-24(22)36(28,29)30/h14-17H,1-13,26-27H2,(H,28,29,30)(H,31,32,33). The Balaban J connectivity index is 1.88. The first-order valence-corrected chi connectivity index (χ1v) is 15.4. The van der Waals surface area contributed by atoms with Crippen LogP contribution in [0.1, 0.15) is 62.5 Å². The highest BCUT2D eigenvalue weighted by Gasteiger charge is 2.29. The van der Waals surface area contributed by atoms with Crippen LogP contribution in [0.25, 0.3) is 11.1 Å². The SMILES string of the molecule is NCCCCCCOc1cc2c(cc1S(=O)(=O)O)-c1cc(S(=O)(=O)O)c(OCCCCCCN)cc1C2. The molecule has 0 spiro atoms. The Labute approximate surface area is 218 Å². The Morgan fingerprint density at radius 1 is 0.622 bits per heavy atom. The Kier molecular flexibility index (Phi) is 10.3. The first-order valence-electron chi connectivity index (χ1n) is 12.5. The molecule has 1 aliphatic rings. The van der Waals surface area contributed by atoms with Crippen LogP contribution in [0.5, 0.6) is 11.5 Å². The van der Waals surface area contributed by atoms with Crippen LogP contribution in [0.4, 0.5) is 0 Å². The third-order valence-electron chi connectivity index (χ3n) is 6.28. The van der Waals surface area contributed by atoms with E-state index >= 15 is 0 Å². The Morgan fingerprint density at radius 2 is 1.00 bits per heavy atom. The fraction of sp³-hybridized carbons (Fsp3) is 0.520. The zero-order valence-electron chi connectivity index (χ0n) is 20.8. The van der Waals surface area contributed by atoms with Crippen LogP contribution in [0.15, 0.2) is 34.1 Å². The molecule has 0 saturated heterocycles. The molecule has 2 aromatic rings. The maximum Gasteiger partial charge on any atom is 0.298 e. The summed E-state index contributed by atoms with van der Waals surface area (Å²) in [6.45, 7) is 1.77. The second-order valence-electron chi connectivity index (χ2n) is 9.14. The van der Waals surface area contributed by atoms with Crippen molar-refractivity contribution in [1.29, 1.82) is 0 Å². The summed E-state index contributed by atoms with van der Waals surface area (Å²) in [4.78, 5) is -0.792. The molecule has 37 heavy (non-hydrogen) atoms. The molecule has 10 nitrogen and oxygen atoms in total. The van der Waals surface area contributed by atoms with Crippen LogP contribution in [0, 0.1) is 0 Å². The molecule has 0 amide bonds. The zero-order chi connectivity index (χ0) is 27.1. The van der Waals surface area contributed by atoms with Gasteiger partial charge in [-0.1, -0.05) is 25.7 Å². The van der Waals surface area contributed by atoms with E-state index in [2.05, 4.69) is 0 Å². The van der Waals surface area contributed by atoms with E-state index < -0.39 is 30.0 Å². The van der Waals surface area contributed by atoms with Crippen LogP contribution in [-0.4, -0.2) is 52.2 Å². The van der Waals surface area contributed by atoms with Gasteiger partial charge in [-0.15, -0.1) is 0 Å². The van der Waals surface area contributed by atoms with Crippen LogP contribution in [0.3, 0.4) is 0 Å². The molecule has 0 saturated carbocycles. The summed E-state index contributed by atoms with van der Waals surface area (Å²) in [6, 6.07) is 5.69. The number of unbranched alkanes of at least 4 members (excludes halogenated alkanes) is 6. The van der Waals surface area contributed by atoms with Gasteiger partial charge in [-0.05, 0) is 91.7 Å². The number of hydrogen-bond acceptors (Lipinski definition) is 8. The van der Waals surface area contributed by atoms with E-state index in [1.807, 2.05) is 0 Å². The predicted octanol–water partition coefficient (Wildman–Crippen LogP) is 3.55. The summed E-state index contributed by atoms with van der Waals surface area (Å²) in [7, 11) is -9.24. The molecular weight excluding hydrogens is 520 g/mol. The van der Waals surface area contributed by atoms with Crippen molar-refractivity contribution in [1.82, 2.24) is 0 Å². The number of fused-ring (bicyclic) bond motifs is 3. The van der Waals surface area contributed by atoms with Crippen LogP contribution in [0.2, 0.25) is 0 Å². The minimum absolute atomic E-state index is 0.0387. The van der Waals surface area contributed by atoms with Crippen molar-refractivity contribution in [3.63, 3.8) is 0 Å². The van der Waals surface area contributed by atoms with Gasteiger partial charge in [-0.3, -0.25) is 9.11 Å². The molecule has 6 N–H and O–H groups in total. The average molecular weight is 557 g/mol. The Hall–Kier alpha value is -2.22. The van der Waals surface area contributed by atoms with Crippen molar-refractivity contribution in [3.8, 4) is 22.6 Å². The van der Waals surface area contributed by atoms with Gasteiger partial charge in [0.05, 0.1) is 13.2 Å². The van der Waals surface area contributed by atoms with Gasteiger partial charge in [0, 0.05) is 0 Å². The maximum absolute atomic E-state index is 12.1. The minimum atomic E-state index is -4.62. The molecule has 0 aromatic heterocycles. The number of nitrogens with two attached hydrogens (primary N) is 2. The molecule has 0 fully saturated rings. The van der Waals surface area contributed by atoms with Gasteiger partial charge in [0.1, 0.15) is 21.3 Å². The average Bonchev–Trinajstić information content (AvgIpc) is 3.17. The van der Waals surface area contributed by atoms with E-state index in [1.54, 1.807) is 12.1 Å². The van der Waals surface area contributed by atoms with Crippen molar-refractivity contribution in [2.75, 3.05) is 26.3 Å². The van der Waals surface area contributed by atoms with Crippen molar-refractivity contribution < 1.29 is 35.4 Å². The molecule has 0 bridgehead atoms. The molecule has 1 aliphatic carbocycles. The van der Waals surface area contributed by atoms with Crippen LogP contribution >= 0.6 is 0 Å². The number of rotatable bonds is 16.